The number of hydrogen-bond donors (Lipinski definition) is 0. The van der Waals surface area contributed by atoms with Crippen molar-refractivity contribution >= 4 is 11.9 Å². The van der Waals surface area contributed by atoms with E-state index < -0.39 is 10.8 Å². The highest BCUT2D eigenvalue weighted by Crippen LogP contribution is 2.38. The Hall–Kier alpha value is -1.10. The molecular weight excluding hydrogens is 282 g/mol. The molecule has 0 aliphatic heterocycles. The second-order valence-corrected chi connectivity index (χ2v) is 6.63. The molecule has 0 rings (SSSR count). The van der Waals surface area contributed by atoms with Crippen molar-refractivity contribution in [3.63, 3.8) is 0 Å². The van der Waals surface area contributed by atoms with Crippen molar-refractivity contribution in [2.45, 2.75) is 54.4 Å². The van der Waals surface area contributed by atoms with Crippen LogP contribution < -0.4 is 0 Å². The van der Waals surface area contributed by atoms with E-state index in [-0.39, 0.29) is 11.9 Å². The molecule has 0 aliphatic rings. The Labute approximate surface area is 135 Å². The Morgan fingerprint density at radius 1 is 1.00 bits per heavy atom. The number of ether oxygens (including phenoxy) is 2. The SMILES string of the molecule is CCN(CC)CCOC(=O)C(C)(CC)CC(C)(C)C(=O)OC. The second-order valence-electron chi connectivity index (χ2n) is 6.63. The van der Waals surface area contributed by atoms with Crippen LogP contribution in [-0.4, -0.2) is 50.2 Å². The third kappa shape index (κ3) is 5.95. The van der Waals surface area contributed by atoms with E-state index in [1.165, 1.54) is 7.11 Å². The third-order valence-corrected chi connectivity index (χ3v) is 4.38. The molecule has 0 amide bonds. The van der Waals surface area contributed by atoms with Gasteiger partial charge in [-0.2, -0.15) is 0 Å². The van der Waals surface area contributed by atoms with Crippen molar-refractivity contribution in [3.05, 3.63) is 0 Å². The summed E-state index contributed by atoms with van der Waals surface area (Å²) in [6.45, 7) is 14.6. The van der Waals surface area contributed by atoms with Crippen LogP contribution in [0.4, 0.5) is 0 Å². The summed E-state index contributed by atoms with van der Waals surface area (Å²) in [4.78, 5) is 26.5. The van der Waals surface area contributed by atoms with E-state index in [1.807, 2.05) is 13.8 Å². The number of carbonyl (C=O) groups excluding carboxylic acids is 2. The van der Waals surface area contributed by atoms with E-state index in [9.17, 15) is 9.59 Å². The lowest BCUT2D eigenvalue weighted by Crippen LogP contribution is -2.39. The molecule has 0 spiro atoms. The van der Waals surface area contributed by atoms with Gasteiger partial charge in [0.25, 0.3) is 0 Å². The Morgan fingerprint density at radius 3 is 1.95 bits per heavy atom. The fraction of sp³-hybridized carbons (Fsp3) is 0.882. The molecule has 5 heteroatoms. The molecule has 0 saturated carbocycles. The highest BCUT2D eigenvalue weighted by molar-refractivity contribution is 5.80. The zero-order valence-electron chi connectivity index (χ0n) is 15.3. The molecule has 1 unspecified atom stereocenters. The quantitative estimate of drug-likeness (QED) is 0.580. The molecule has 0 radical (unpaired) electrons. The van der Waals surface area contributed by atoms with Crippen LogP contribution in [0.2, 0.25) is 0 Å². The van der Waals surface area contributed by atoms with Crippen molar-refractivity contribution in [2.24, 2.45) is 10.8 Å². The number of likely N-dealkylation sites (N-methyl/N-ethyl adjacent to an activating group) is 1. The molecule has 0 fully saturated rings. The summed E-state index contributed by atoms with van der Waals surface area (Å²) < 4.78 is 10.3. The first-order chi connectivity index (χ1) is 10.2. The molecule has 5 nitrogen and oxygen atoms in total. The van der Waals surface area contributed by atoms with Crippen molar-refractivity contribution in [2.75, 3.05) is 33.4 Å². The minimum absolute atomic E-state index is 0.237. The topological polar surface area (TPSA) is 55.8 Å². The molecular formula is C17H33NO4. The number of methoxy groups -OCH3 is 1. The van der Waals surface area contributed by atoms with E-state index in [0.29, 0.717) is 19.4 Å². The summed E-state index contributed by atoms with van der Waals surface area (Å²) in [5, 5.41) is 0. The first-order valence-electron chi connectivity index (χ1n) is 8.14. The average molecular weight is 315 g/mol. The van der Waals surface area contributed by atoms with Gasteiger partial charge in [0.15, 0.2) is 0 Å². The lowest BCUT2D eigenvalue weighted by Gasteiger charge is -2.33. The summed E-state index contributed by atoms with van der Waals surface area (Å²) in [5.41, 5.74) is -1.39. The van der Waals surface area contributed by atoms with Crippen molar-refractivity contribution in [1.29, 1.82) is 0 Å². The summed E-state index contributed by atoms with van der Waals surface area (Å²) >= 11 is 0. The number of rotatable bonds is 10. The lowest BCUT2D eigenvalue weighted by atomic mass is 9.72. The molecule has 0 aliphatic carbocycles. The highest BCUT2D eigenvalue weighted by Gasteiger charge is 2.42. The van der Waals surface area contributed by atoms with Crippen LogP contribution in [0.25, 0.3) is 0 Å². The van der Waals surface area contributed by atoms with Crippen molar-refractivity contribution < 1.29 is 19.1 Å². The second kappa shape index (κ2) is 9.13. The molecule has 22 heavy (non-hydrogen) atoms. The van der Waals surface area contributed by atoms with Crippen LogP contribution in [0.15, 0.2) is 0 Å². The zero-order valence-corrected chi connectivity index (χ0v) is 15.3. The molecule has 0 aromatic carbocycles. The summed E-state index contributed by atoms with van der Waals surface area (Å²) in [6.07, 6.45) is 1.03. The minimum Gasteiger partial charge on any atom is -0.469 e. The van der Waals surface area contributed by atoms with Crippen LogP contribution in [-0.2, 0) is 19.1 Å². The van der Waals surface area contributed by atoms with Gasteiger partial charge in [0, 0.05) is 6.54 Å². The Morgan fingerprint density at radius 2 is 1.55 bits per heavy atom. The molecule has 0 saturated heterocycles. The van der Waals surface area contributed by atoms with Crippen LogP contribution >= 0.6 is 0 Å². The molecule has 0 aromatic rings. The first-order valence-corrected chi connectivity index (χ1v) is 8.14. The van der Waals surface area contributed by atoms with Crippen molar-refractivity contribution in [3.8, 4) is 0 Å². The Bertz CT molecular complexity index is 364. The minimum atomic E-state index is -0.711. The highest BCUT2D eigenvalue weighted by atomic mass is 16.5. The van der Waals surface area contributed by atoms with Gasteiger partial charge in [-0.05, 0) is 46.7 Å². The number of carbonyl (C=O) groups is 2. The van der Waals surface area contributed by atoms with Gasteiger partial charge in [-0.25, -0.2) is 0 Å². The lowest BCUT2D eigenvalue weighted by molar-refractivity contribution is -0.162. The van der Waals surface area contributed by atoms with Gasteiger partial charge in [-0.1, -0.05) is 20.8 Å². The third-order valence-electron chi connectivity index (χ3n) is 4.38. The number of esters is 2. The fourth-order valence-electron chi connectivity index (χ4n) is 2.65. The van der Waals surface area contributed by atoms with E-state index >= 15 is 0 Å². The van der Waals surface area contributed by atoms with E-state index in [4.69, 9.17) is 9.47 Å². The molecule has 130 valence electrons. The van der Waals surface area contributed by atoms with E-state index in [1.54, 1.807) is 13.8 Å². The fourth-order valence-corrected chi connectivity index (χ4v) is 2.65. The normalized spacial score (nSPS) is 14.5. The van der Waals surface area contributed by atoms with Gasteiger partial charge in [-0.15, -0.1) is 0 Å². The smallest absolute Gasteiger partial charge is 0.311 e. The standard InChI is InChI=1S/C17H33NO4/c1-8-17(6,13-16(4,5)14(19)21-7)15(20)22-12-11-18(9-2)10-3/h8-13H2,1-7H3. The van der Waals surface area contributed by atoms with Crippen LogP contribution in [0.1, 0.15) is 54.4 Å². The van der Waals surface area contributed by atoms with Crippen LogP contribution in [0, 0.1) is 10.8 Å². The zero-order chi connectivity index (χ0) is 17.4. The number of hydrogen-bond acceptors (Lipinski definition) is 5. The van der Waals surface area contributed by atoms with E-state index in [2.05, 4.69) is 18.7 Å². The molecule has 1 atom stereocenters. The average Bonchev–Trinajstić information content (AvgIpc) is 2.49. The van der Waals surface area contributed by atoms with Gasteiger partial charge >= 0.3 is 11.9 Å². The Balaban J connectivity index is 4.71. The van der Waals surface area contributed by atoms with Gasteiger partial charge < -0.3 is 14.4 Å². The molecule has 0 N–H and O–H groups in total. The van der Waals surface area contributed by atoms with E-state index in [0.717, 1.165) is 19.6 Å². The van der Waals surface area contributed by atoms with Gasteiger partial charge in [0.1, 0.15) is 6.61 Å². The predicted molar refractivity (Wildman–Crippen MR) is 87.6 cm³/mol. The maximum absolute atomic E-state index is 12.4. The Kier molecular flexibility index (Phi) is 8.68. The summed E-state index contributed by atoms with van der Waals surface area (Å²) in [6, 6.07) is 0. The van der Waals surface area contributed by atoms with Crippen LogP contribution in [0.5, 0.6) is 0 Å². The first kappa shape index (κ1) is 20.9. The van der Waals surface area contributed by atoms with Gasteiger partial charge in [0.2, 0.25) is 0 Å². The summed E-state index contributed by atoms with van der Waals surface area (Å²) in [5.74, 6) is -0.540. The van der Waals surface area contributed by atoms with Crippen molar-refractivity contribution in [1.82, 2.24) is 4.90 Å². The molecule has 0 heterocycles. The number of nitrogens with zero attached hydrogens (tertiary/aromatic N) is 1. The maximum atomic E-state index is 12.4. The monoisotopic (exact) mass is 315 g/mol. The largest absolute Gasteiger partial charge is 0.469 e. The maximum Gasteiger partial charge on any atom is 0.311 e. The van der Waals surface area contributed by atoms with Crippen LogP contribution in [0.3, 0.4) is 0 Å². The summed E-state index contributed by atoms with van der Waals surface area (Å²) in [7, 11) is 1.37. The molecule has 0 bridgehead atoms. The van der Waals surface area contributed by atoms with Gasteiger partial charge in [0.05, 0.1) is 17.9 Å². The predicted octanol–water partition coefficient (Wildman–Crippen LogP) is 2.88. The molecule has 0 aromatic heterocycles. The van der Waals surface area contributed by atoms with Gasteiger partial charge in [-0.3, -0.25) is 9.59 Å².